The van der Waals surface area contributed by atoms with Crippen molar-refractivity contribution in [3.63, 3.8) is 0 Å². The van der Waals surface area contributed by atoms with Gasteiger partial charge in [-0.2, -0.15) is 13.2 Å². The summed E-state index contributed by atoms with van der Waals surface area (Å²) in [5, 5.41) is 7.32. The predicted octanol–water partition coefficient (Wildman–Crippen LogP) is 3.49. The molecule has 1 heterocycles. The quantitative estimate of drug-likeness (QED) is 0.438. The topological polar surface area (TPSA) is 110 Å². The van der Waals surface area contributed by atoms with E-state index in [0.29, 0.717) is 22.4 Å². The molecule has 0 unspecified atom stereocenters. The fourth-order valence-corrected chi connectivity index (χ4v) is 3.77. The first-order chi connectivity index (χ1) is 15.5. The second kappa shape index (κ2) is 8.94. The molecule has 4 aromatic rings. The maximum absolute atomic E-state index is 13.0. The van der Waals surface area contributed by atoms with E-state index in [2.05, 4.69) is 15.2 Å². The molecule has 0 saturated heterocycles. The molecule has 0 radical (unpaired) electrons. The highest BCUT2D eigenvalue weighted by molar-refractivity contribution is 7.89. The number of nitrogens with zero attached hydrogens (tertiary/aromatic N) is 1. The van der Waals surface area contributed by atoms with Crippen LogP contribution >= 0.6 is 0 Å². The average molecular weight is 449 g/mol. The molecule has 3 aromatic carbocycles. The smallest absolute Gasteiger partial charge is 0.276 e. The summed E-state index contributed by atoms with van der Waals surface area (Å²) in [7, 11) is -2.39. The number of nitrogens with one attached hydrogen (secondary N) is 2. The van der Waals surface area contributed by atoms with E-state index in [4.69, 9.17) is 9.15 Å². The van der Waals surface area contributed by atoms with Crippen LogP contribution in [0.3, 0.4) is 0 Å². The van der Waals surface area contributed by atoms with Crippen molar-refractivity contribution in [1.82, 2.24) is 4.83 Å². The van der Waals surface area contributed by atoms with E-state index < -0.39 is 15.9 Å². The molecule has 2 N–H and O–H groups in total. The number of anilines is 1. The minimum absolute atomic E-state index is 0.0359. The Labute approximate surface area is 184 Å². The van der Waals surface area contributed by atoms with Gasteiger partial charge in [-0.3, -0.25) is 4.79 Å². The van der Waals surface area contributed by atoms with Gasteiger partial charge < -0.3 is 14.5 Å². The summed E-state index contributed by atoms with van der Waals surface area (Å²) >= 11 is 0. The third-order valence-corrected chi connectivity index (χ3v) is 5.79. The lowest BCUT2D eigenvalue weighted by Crippen LogP contribution is -2.27. The molecule has 162 valence electrons. The van der Waals surface area contributed by atoms with Crippen LogP contribution in [0.15, 0.2) is 99.3 Å². The second-order valence-electron chi connectivity index (χ2n) is 6.71. The molecule has 1 amide bonds. The number of fused-ring (bicyclic) bond motifs is 1. The molecule has 0 spiro atoms. The molecule has 1 aromatic heterocycles. The Morgan fingerprint density at radius 3 is 2.34 bits per heavy atom. The summed E-state index contributed by atoms with van der Waals surface area (Å²) in [5.74, 6) is 0.136. The van der Waals surface area contributed by atoms with Gasteiger partial charge in [0.2, 0.25) is 5.55 Å². The van der Waals surface area contributed by atoms with Crippen molar-refractivity contribution in [1.29, 1.82) is 0 Å². The van der Waals surface area contributed by atoms with Gasteiger partial charge in [-0.15, -0.1) is 5.10 Å². The highest BCUT2D eigenvalue weighted by Gasteiger charge is 2.16. The van der Waals surface area contributed by atoms with Crippen molar-refractivity contribution in [3.8, 4) is 5.75 Å². The van der Waals surface area contributed by atoms with Gasteiger partial charge in [0.15, 0.2) is 0 Å². The van der Waals surface area contributed by atoms with E-state index >= 15 is 0 Å². The maximum atomic E-state index is 13.0. The number of amides is 1. The normalized spacial score (nSPS) is 11.8. The van der Waals surface area contributed by atoms with Crippen LogP contribution in [-0.4, -0.2) is 21.4 Å². The van der Waals surface area contributed by atoms with Crippen LogP contribution in [0.5, 0.6) is 5.75 Å². The summed E-state index contributed by atoms with van der Waals surface area (Å²) in [6.07, 6.45) is 0. The van der Waals surface area contributed by atoms with Crippen LogP contribution in [-0.2, 0) is 10.0 Å². The number of sulfonamides is 1. The Morgan fingerprint density at radius 2 is 1.62 bits per heavy atom. The predicted molar refractivity (Wildman–Crippen MR) is 119 cm³/mol. The van der Waals surface area contributed by atoms with Crippen LogP contribution in [0.1, 0.15) is 10.4 Å². The Morgan fingerprint density at radius 1 is 0.938 bits per heavy atom. The third-order valence-electron chi connectivity index (χ3n) is 4.57. The first kappa shape index (κ1) is 21.1. The third kappa shape index (κ3) is 4.62. The minimum Gasteiger partial charge on any atom is -0.497 e. The Kier molecular flexibility index (Phi) is 5.91. The molecule has 9 heteroatoms. The Balaban J connectivity index is 1.73. The number of hydrogen-bond acceptors (Lipinski definition) is 6. The van der Waals surface area contributed by atoms with Crippen molar-refractivity contribution in [3.05, 3.63) is 96.0 Å². The molecule has 0 aliphatic carbocycles. The van der Waals surface area contributed by atoms with Gasteiger partial charge in [0, 0.05) is 11.1 Å². The molecular formula is C23H19N3O5S. The monoisotopic (exact) mass is 449 g/mol. The van der Waals surface area contributed by atoms with Crippen molar-refractivity contribution in [2.24, 2.45) is 5.10 Å². The zero-order chi connectivity index (χ0) is 22.6. The molecule has 0 bridgehead atoms. The zero-order valence-corrected chi connectivity index (χ0v) is 17.8. The summed E-state index contributed by atoms with van der Waals surface area (Å²) in [6.45, 7) is 0. The van der Waals surface area contributed by atoms with E-state index in [1.54, 1.807) is 79.9 Å². The number of benzene rings is 3. The van der Waals surface area contributed by atoms with Gasteiger partial charge in [-0.05, 0) is 48.5 Å². The lowest BCUT2D eigenvalue weighted by Gasteiger charge is -2.08. The van der Waals surface area contributed by atoms with Gasteiger partial charge in [0.1, 0.15) is 16.9 Å². The highest BCUT2D eigenvalue weighted by Crippen LogP contribution is 2.17. The Hall–Kier alpha value is -4.11. The maximum Gasteiger partial charge on any atom is 0.276 e. The van der Waals surface area contributed by atoms with Gasteiger partial charge in [0.05, 0.1) is 12.0 Å². The van der Waals surface area contributed by atoms with Crippen molar-refractivity contribution in [2.45, 2.75) is 4.90 Å². The van der Waals surface area contributed by atoms with Crippen molar-refractivity contribution in [2.75, 3.05) is 12.4 Å². The van der Waals surface area contributed by atoms with Crippen molar-refractivity contribution >= 4 is 32.6 Å². The second-order valence-corrected chi connectivity index (χ2v) is 8.37. The summed E-state index contributed by atoms with van der Waals surface area (Å²) < 4.78 is 35.9. The first-order valence-electron chi connectivity index (χ1n) is 9.55. The molecule has 0 fully saturated rings. The number of rotatable bonds is 6. The van der Waals surface area contributed by atoms with Crippen LogP contribution in [0.25, 0.3) is 11.0 Å². The molecule has 0 aliphatic rings. The molecule has 4 rings (SSSR count). The lowest BCUT2D eigenvalue weighted by atomic mass is 10.1. The summed E-state index contributed by atoms with van der Waals surface area (Å²) in [5.41, 5.74) is 0.871. The van der Waals surface area contributed by atoms with E-state index in [-0.39, 0.29) is 16.0 Å². The van der Waals surface area contributed by atoms with Crippen LogP contribution in [0, 0.1) is 0 Å². The van der Waals surface area contributed by atoms with Gasteiger partial charge in [0.25, 0.3) is 15.9 Å². The van der Waals surface area contributed by atoms with E-state index in [0.717, 1.165) is 0 Å². The van der Waals surface area contributed by atoms with E-state index in [9.17, 15) is 13.2 Å². The van der Waals surface area contributed by atoms with Crippen molar-refractivity contribution < 1.29 is 22.4 Å². The standard InChI is InChI=1S/C23H19N3O5S/c1-30-18-13-11-17(12-14-18)24-22(27)20-15-16-7-5-6-10-21(16)31-23(20)25-26-32(28,29)19-8-3-2-4-9-19/h2-15,26H,1H3,(H,24,27)/b25-23+. The van der Waals surface area contributed by atoms with Gasteiger partial charge >= 0.3 is 0 Å². The number of carbonyl (C=O) groups is 1. The van der Waals surface area contributed by atoms with Gasteiger partial charge in [-0.1, -0.05) is 36.4 Å². The molecule has 0 saturated carbocycles. The fraction of sp³-hybridized carbons (Fsp3) is 0.0435. The average Bonchev–Trinajstić information content (AvgIpc) is 2.83. The summed E-state index contributed by atoms with van der Waals surface area (Å²) in [6, 6.07) is 23.2. The zero-order valence-electron chi connectivity index (χ0n) is 17.0. The number of ether oxygens (including phenoxy) is 1. The van der Waals surface area contributed by atoms with Crippen LogP contribution in [0.4, 0.5) is 5.69 Å². The number of para-hydroxylation sites is 1. The first-order valence-corrected chi connectivity index (χ1v) is 11.0. The van der Waals surface area contributed by atoms with E-state index in [1.807, 2.05) is 0 Å². The van der Waals surface area contributed by atoms with Crippen LogP contribution in [0.2, 0.25) is 0 Å². The lowest BCUT2D eigenvalue weighted by molar-refractivity contribution is 0.102. The molecule has 32 heavy (non-hydrogen) atoms. The van der Waals surface area contributed by atoms with E-state index in [1.165, 1.54) is 12.1 Å². The number of hydrogen-bond donors (Lipinski definition) is 2. The largest absolute Gasteiger partial charge is 0.497 e. The minimum atomic E-state index is -3.94. The molecular weight excluding hydrogens is 430 g/mol. The molecule has 8 nitrogen and oxygen atoms in total. The SMILES string of the molecule is COc1ccc(NC(=O)c2cc3ccccc3o/c2=N/NS(=O)(=O)c2ccccc2)cc1. The van der Waals surface area contributed by atoms with Gasteiger partial charge in [-0.25, -0.2) is 0 Å². The number of carbonyl (C=O) groups excluding carboxylic acids is 1. The number of methoxy groups -OCH3 is 1. The molecule has 0 aliphatic heterocycles. The summed E-state index contributed by atoms with van der Waals surface area (Å²) in [4.78, 5) is 15.2. The fourth-order valence-electron chi connectivity index (χ4n) is 2.94. The van der Waals surface area contributed by atoms with Crippen LogP contribution < -0.4 is 20.4 Å². The molecule has 0 atom stereocenters. The Bertz CT molecular complexity index is 1430. The highest BCUT2D eigenvalue weighted by atomic mass is 32.2.